The quantitative estimate of drug-likeness (QED) is 0.402. The van der Waals surface area contributed by atoms with Gasteiger partial charge in [0.05, 0.1) is 11.5 Å². The first-order valence-corrected chi connectivity index (χ1v) is 10.1. The van der Waals surface area contributed by atoms with Gasteiger partial charge in [-0.25, -0.2) is 0 Å². The zero-order valence-electron chi connectivity index (χ0n) is 17.2. The van der Waals surface area contributed by atoms with Gasteiger partial charge in [0.15, 0.2) is 11.5 Å². The minimum absolute atomic E-state index is 0.0523. The summed E-state index contributed by atoms with van der Waals surface area (Å²) < 4.78 is 40.9. The monoisotopic (exact) mass is 464 g/mol. The Morgan fingerprint density at radius 2 is 1.91 bits per heavy atom. The molecule has 3 aromatic rings. The molecule has 11 nitrogen and oxygen atoms in total. The Hall–Kier alpha value is -3.84. The number of tetrazole rings is 1. The van der Waals surface area contributed by atoms with Gasteiger partial charge < -0.3 is 9.80 Å². The highest BCUT2D eigenvalue weighted by Crippen LogP contribution is 2.28. The van der Waals surface area contributed by atoms with Crippen molar-refractivity contribution < 1.29 is 22.9 Å². The summed E-state index contributed by atoms with van der Waals surface area (Å²) in [6.07, 6.45) is -4.00. The molecule has 0 bridgehead atoms. The van der Waals surface area contributed by atoms with Crippen molar-refractivity contribution in [2.45, 2.75) is 25.6 Å². The number of aromatic nitrogens is 5. The number of anilines is 1. The van der Waals surface area contributed by atoms with Gasteiger partial charge in [-0.05, 0) is 35.4 Å². The van der Waals surface area contributed by atoms with Crippen LogP contribution in [0.2, 0.25) is 0 Å². The first-order chi connectivity index (χ1) is 15.7. The Bertz CT molecular complexity index is 1160. The van der Waals surface area contributed by atoms with E-state index in [2.05, 4.69) is 20.6 Å². The molecule has 0 atom stereocenters. The number of para-hydroxylation sites is 1. The highest BCUT2D eigenvalue weighted by molar-refractivity contribution is 5.79. The maximum absolute atomic E-state index is 13.2. The number of carbonyl (C=O) groups is 1. The predicted molar refractivity (Wildman–Crippen MR) is 108 cm³/mol. The van der Waals surface area contributed by atoms with E-state index in [1.807, 2.05) is 4.90 Å². The summed E-state index contributed by atoms with van der Waals surface area (Å²) in [5.41, 5.74) is 0.203. The third-order valence-electron chi connectivity index (χ3n) is 5.45. The van der Waals surface area contributed by atoms with Crippen LogP contribution in [0.3, 0.4) is 0 Å². The lowest BCUT2D eigenvalue weighted by atomic mass is 9.95. The molecule has 33 heavy (non-hydrogen) atoms. The SMILES string of the molecule is O=C(C1CCN(c2ccc3nnnn3n2)CC1)N(Cc1ccccc1[N+](=O)[O-])CC(F)(F)F. The number of carbonyl (C=O) groups excluding carboxylic acids is 1. The molecule has 1 amide bonds. The topological polar surface area (TPSA) is 123 Å². The Balaban J connectivity index is 1.47. The molecule has 0 unspecified atom stereocenters. The Labute approximate surface area is 184 Å². The number of amides is 1. The van der Waals surface area contributed by atoms with Gasteiger partial charge in [0.25, 0.3) is 5.69 Å². The van der Waals surface area contributed by atoms with Gasteiger partial charge >= 0.3 is 6.18 Å². The van der Waals surface area contributed by atoms with Crippen molar-refractivity contribution in [3.8, 4) is 0 Å². The van der Waals surface area contributed by atoms with Gasteiger partial charge in [-0.2, -0.15) is 13.2 Å². The molecular weight excluding hydrogens is 445 g/mol. The van der Waals surface area contributed by atoms with Crippen LogP contribution in [-0.2, 0) is 11.3 Å². The van der Waals surface area contributed by atoms with Crippen LogP contribution in [0.15, 0.2) is 36.4 Å². The van der Waals surface area contributed by atoms with Crippen LogP contribution in [0.4, 0.5) is 24.7 Å². The first-order valence-electron chi connectivity index (χ1n) is 10.1. The van der Waals surface area contributed by atoms with Crippen LogP contribution < -0.4 is 4.90 Å². The molecule has 0 aliphatic carbocycles. The highest BCUT2D eigenvalue weighted by Gasteiger charge is 2.37. The number of alkyl halides is 3. The molecule has 1 saturated heterocycles. The van der Waals surface area contributed by atoms with Crippen LogP contribution in [-0.4, -0.2) is 66.8 Å². The zero-order valence-corrected chi connectivity index (χ0v) is 17.2. The van der Waals surface area contributed by atoms with E-state index in [0.29, 0.717) is 42.3 Å². The summed E-state index contributed by atoms with van der Waals surface area (Å²) in [6, 6.07) is 8.91. The van der Waals surface area contributed by atoms with Crippen LogP contribution >= 0.6 is 0 Å². The summed E-state index contributed by atoms with van der Waals surface area (Å²) in [4.78, 5) is 26.2. The molecule has 0 saturated carbocycles. The fraction of sp³-hybridized carbons (Fsp3) is 0.421. The molecule has 0 spiro atoms. The summed E-state index contributed by atoms with van der Waals surface area (Å²) >= 11 is 0. The number of hydrogen-bond donors (Lipinski definition) is 0. The molecule has 1 fully saturated rings. The zero-order chi connectivity index (χ0) is 23.6. The van der Waals surface area contributed by atoms with Gasteiger partial charge in [-0.1, -0.05) is 18.2 Å². The average molecular weight is 464 g/mol. The number of piperidine rings is 1. The first kappa shape index (κ1) is 22.4. The van der Waals surface area contributed by atoms with E-state index in [4.69, 9.17) is 0 Å². The number of halogens is 3. The highest BCUT2D eigenvalue weighted by atomic mass is 19.4. The van der Waals surface area contributed by atoms with Crippen molar-refractivity contribution >= 4 is 23.1 Å². The molecule has 1 aliphatic heterocycles. The number of nitrogens with zero attached hydrogens (tertiary/aromatic N) is 8. The van der Waals surface area contributed by atoms with Crippen molar-refractivity contribution in [1.29, 1.82) is 0 Å². The van der Waals surface area contributed by atoms with Crippen molar-refractivity contribution in [2.24, 2.45) is 5.92 Å². The second-order valence-corrected chi connectivity index (χ2v) is 7.67. The molecule has 0 radical (unpaired) electrons. The third-order valence-corrected chi connectivity index (χ3v) is 5.45. The van der Waals surface area contributed by atoms with E-state index >= 15 is 0 Å². The normalized spacial score (nSPS) is 15.1. The van der Waals surface area contributed by atoms with Crippen molar-refractivity contribution in [3.05, 3.63) is 52.1 Å². The van der Waals surface area contributed by atoms with Crippen LogP contribution in [0.25, 0.3) is 5.65 Å². The van der Waals surface area contributed by atoms with Gasteiger partial charge in [0, 0.05) is 30.6 Å². The van der Waals surface area contributed by atoms with E-state index < -0.39 is 36.0 Å². The largest absolute Gasteiger partial charge is 0.406 e. The van der Waals surface area contributed by atoms with Gasteiger partial charge in [0.2, 0.25) is 5.91 Å². The van der Waals surface area contributed by atoms with Gasteiger partial charge in [0.1, 0.15) is 6.54 Å². The Morgan fingerprint density at radius 3 is 2.61 bits per heavy atom. The molecule has 2 aromatic heterocycles. The summed E-state index contributed by atoms with van der Waals surface area (Å²) in [5, 5.41) is 26.6. The molecule has 1 aliphatic rings. The summed E-state index contributed by atoms with van der Waals surface area (Å²) in [7, 11) is 0. The maximum Gasteiger partial charge on any atom is 0.406 e. The lowest BCUT2D eigenvalue weighted by molar-refractivity contribution is -0.385. The number of fused-ring (bicyclic) bond motifs is 1. The number of rotatable bonds is 6. The lowest BCUT2D eigenvalue weighted by Gasteiger charge is -2.35. The number of hydrogen-bond acceptors (Lipinski definition) is 8. The summed E-state index contributed by atoms with van der Waals surface area (Å²) in [5.74, 6) is -0.718. The van der Waals surface area contributed by atoms with Gasteiger partial charge in [-0.3, -0.25) is 14.9 Å². The van der Waals surface area contributed by atoms with Crippen molar-refractivity contribution in [3.63, 3.8) is 0 Å². The molecule has 0 N–H and O–H groups in total. The van der Waals surface area contributed by atoms with E-state index in [1.165, 1.54) is 28.9 Å². The molecule has 4 rings (SSSR count). The Morgan fingerprint density at radius 1 is 1.18 bits per heavy atom. The van der Waals surface area contributed by atoms with E-state index in [1.54, 1.807) is 12.1 Å². The standard InChI is InChI=1S/C19H19F3N8O3/c20-19(21,22)12-28(11-14-3-1-2-4-15(14)30(32)33)18(31)13-7-9-27(10-8-13)17-6-5-16-23-25-26-29(16)24-17/h1-6,13H,7-12H2. The van der Waals surface area contributed by atoms with Crippen LogP contribution in [0.5, 0.6) is 0 Å². The van der Waals surface area contributed by atoms with E-state index in [9.17, 15) is 28.1 Å². The molecule has 174 valence electrons. The molecule has 3 heterocycles. The van der Waals surface area contributed by atoms with Crippen molar-refractivity contribution in [1.82, 2.24) is 30.2 Å². The predicted octanol–water partition coefficient (Wildman–Crippen LogP) is 2.23. The van der Waals surface area contributed by atoms with E-state index in [0.717, 1.165) is 0 Å². The summed E-state index contributed by atoms with van der Waals surface area (Å²) in [6.45, 7) is -1.16. The fourth-order valence-electron chi connectivity index (χ4n) is 3.88. The van der Waals surface area contributed by atoms with Gasteiger partial charge in [-0.15, -0.1) is 14.8 Å². The molecular formula is C19H19F3N8O3. The smallest absolute Gasteiger partial charge is 0.355 e. The fourth-order valence-corrected chi connectivity index (χ4v) is 3.88. The van der Waals surface area contributed by atoms with Crippen LogP contribution in [0.1, 0.15) is 18.4 Å². The minimum Gasteiger partial charge on any atom is -0.355 e. The van der Waals surface area contributed by atoms with E-state index in [-0.39, 0.29) is 11.3 Å². The average Bonchev–Trinajstić information content (AvgIpc) is 3.25. The molecule has 14 heteroatoms. The molecule has 1 aromatic carbocycles. The Kier molecular flexibility index (Phi) is 6.07. The number of benzene rings is 1. The lowest BCUT2D eigenvalue weighted by Crippen LogP contribution is -2.45. The minimum atomic E-state index is -4.63. The number of nitro benzene ring substituents is 1. The van der Waals surface area contributed by atoms with Crippen molar-refractivity contribution in [2.75, 3.05) is 24.5 Å². The maximum atomic E-state index is 13.2. The number of nitro groups is 1. The second-order valence-electron chi connectivity index (χ2n) is 7.67. The van der Waals surface area contributed by atoms with Crippen LogP contribution in [0, 0.1) is 16.0 Å². The third kappa shape index (κ3) is 5.15. The second kappa shape index (κ2) is 8.96.